The third-order valence-electron chi connectivity index (χ3n) is 7.37. The molecule has 0 spiro atoms. The second kappa shape index (κ2) is 7.75. The number of para-hydroxylation sites is 1. The van der Waals surface area contributed by atoms with Crippen LogP contribution < -0.4 is 4.90 Å². The highest BCUT2D eigenvalue weighted by Gasteiger charge is 2.46. The minimum atomic E-state index is -0.235. The van der Waals surface area contributed by atoms with Crippen molar-refractivity contribution in [3.8, 4) is 6.07 Å². The Balaban J connectivity index is 1.28. The zero-order valence-electron chi connectivity index (χ0n) is 17.1. The van der Waals surface area contributed by atoms with Crippen LogP contribution in [-0.2, 0) is 9.53 Å². The molecule has 2 unspecified atom stereocenters. The van der Waals surface area contributed by atoms with Crippen LogP contribution in [0.3, 0.4) is 0 Å². The fourth-order valence-corrected chi connectivity index (χ4v) is 5.47. The fourth-order valence-electron chi connectivity index (χ4n) is 5.47. The Labute approximate surface area is 168 Å². The highest BCUT2D eigenvalue weighted by Crippen LogP contribution is 2.41. The van der Waals surface area contributed by atoms with E-state index in [-0.39, 0.29) is 17.5 Å². The number of hydrogen-bond acceptors (Lipinski definition) is 5. The van der Waals surface area contributed by atoms with Crippen molar-refractivity contribution < 1.29 is 9.53 Å². The van der Waals surface area contributed by atoms with E-state index in [2.05, 4.69) is 35.8 Å². The molecule has 1 aromatic rings. The molecule has 0 bridgehead atoms. The van der Waals surface area contributed by atoms with Gasteiger partial charge in [0.25, 0.3) is 0 Å². The summed E-state index contributed by atoms with van der Waals surface area (Å²) in [4.78, 5) is 17.2. The Morgan fingerprint density at radius 2 is 1.82 bits per heavy atom. The molecule has 0 saturated carbocycles. The molecule has 0 amide bonds. The van der Waals surface area contributed by atoms with E-state index in [1.165, 1.54) is 0 Å². The number of ether oxygens (including phenoxy) is 1. The Morgan fingerprint density at radius 1 is 1.14 bits per heavy atom. The maximum atomic E-state index is 12.3. The molecule has 0 aliphatic carbocycles. The number of likely N-dealkylation sites (tertiary alicyclic amines) is 1. The summed E-state index contributed by atoms with van der Waals surface area (Å²) in [5, 5.41) is 9.37. The van der Waals surface area contributed by atoms with E-state index in [4.69, 9.17) is 4.74 Å². The largest absolute Gasteiger partial charge is 0.462 e. The van der Waals surface area contributed by atoms with Gasteiger partial charge in [0.05, 0.1) is 16.7 Å². The first-order valence-corrected chi connectivity index (χ1v) is 10.8. The Bertz CT molecular complexity index is 753. The van der Waals surface area contributed by atoms with Crippen molar-refractivity contribution in [1.29, 1.82) is 5.26 Å². The lowest BCUT2D eigenvalue weighted by Crippen LogP contribution is -2.31. The molecule has 5 nitrogen and oxygen atoms in total. The van der Waals surface area contributed by atoms with Gasteiger partial charge in [-0.2, -0.15) is 5.26 Å². The standard InChI is InChI=1S/C23H31N3O2/c1-3-23(4-2)11-20(28-22(23)27)9-10-25-13-18-15-26(16-19(18)14-25)21-8-6-5-7-17(21)12-24/h5-8,18-20H,3-4,9-11,13-16H2,1-2H3/t18-,19?,20?/m0/s1. The molecular formula is C23H31N3O2. The van der Waals surface area contributed by atoms with Gasteiger partial charge in [0, 0.05) is 39.1 Å². The lowest BCUT2D eigenvalue weighted by molar-refractivity contribution is -0.149. The van der Waals surface area contributed by atoms with E-state index < -0.39 is 0 Å². The SMILES string of the molecule is CCC1(CC)CC(CCN2CC3CN(c4ccccc4C#N)C[C@@H]3C2)OC1=O. The highest BCUT2D eigenvalue weighted by atomic mass is 16.6. The maximum absolute atomic E-state index is 12.3. The first-order valence-electron chi connectivity index (χ1n) is 10.8. The lowest BCUT2D eigenvalue weighted by Gasteiger charge is -2.24. The van der Waals surface area contributed by atoms with Crippen LogP contribution in [-0.4, -0.2) is 49.7 Å². The number of carbonyl (C=O) groups is 1. The van der Waals surface area contributed by atoms with Gasteiger partial charge in [0.15, 0.2) is 0 Å². The minimum absolute atomic E-state index is 0.0209. The number of fused-ring (bicyclic) bond motifs is 1. The number of esters is 1. The topological polar surface area (TPSA) is 56.6 Å². The summed E-state index contributed by atoms with van der Waals surface area (Å²) in [6, 6.07) is 10.3. The van der Waals surface area contributed by atoms with Crippen LogP contribution >= 0.6 is 0 Å². The van der Waals surface area contributed by atoms with Crippen LogP contribution in [0.2, 0.25) is 0 Å². The highest BCUT2D eigenvalue weighted by molar-refractivity contribution is 5.78. The van der Waals surface area contributed by atoms with Crippen molar-refractivity contribution >= 4 is 11.7 Å². The van der Waals surface area contributed by atoms with Crippen molar-refractivity contribution in [3.05, 3.63) is 29.8 Å². The van der Waals surface area contributed by atoms with Crippen molar-refractivity contribution in [3.63, 3.8) is 0 Å². The van der Waals surface area contributed by atoms with E-state index in [1.807, 2.05) is 18.2 Å². The average Bonchev–Trinajstić information content (AvgIpc) is 3.37. The van der Waals surface area contributed by atoms with E-state index in [1.54, 1.807) is 0 Å². The van der Waals surface area contributed by atoms with Gasteiger partial charge in [-0.05, 0) is 43.2 Å². The third-order valence-corrected chi connectivity index (χ3v) is 7.37. The van der Waals surface area contributed by atoms with Crippen LogP contribution in [0.1, 0.15) is 45.1 Å². The van der Waals surface area contributed by atoms with Gasteiger partial charge < -0.3 is 14.5 Å². The van der Waals surface area contributed by atoms with E-state index >= 15 is 0 Å². The zero-order chi connectivity index (χ0) is 19.7. The van der Waals surface area contributed by atoms with Crippen LogP contribution in [0.15, 0.2) is 24.3 Å². The average molecular weight is 382 g/mol. The minimum Gasteiger partial charge on any atom is -0.462 e. The fraction of sp³-hybridized carbons (Fsp3) is 0.652. The predicted octanol–water partition coefficient (Wildman–Crippen LogP) is 3.44. The van der Waals surface area contributed by atoms with Crippen molar-refractivity contribution in [2.75, 3.05) is 37.6 Å². The van der Waals surface area contributed by atoms with Crippen molar-refractivity contribution in [2.45, 2.75) is 45.6 Å². The van der Waals surface area contributed by atoms with Crippen LogP contribution in [0, 0.1) is 28.6 Å². The molecule has 5 heteroatoms. The quantitative estimate of drug-likeness (QED) is 0.707. The number of cyclic esters (lactones) is 1. The molecule has 3 aliphatic rings. The van der Waals surface area contributed by atoms with E-state index in [0.717, 1.165) is 69.7 Å². The molecule has 3 aliphatic heterocycles. The second-order valence-electron chi connectivity index (χ2n) is 8.82. The van der Waals surface area contributed by atoms with Gasteiger partial charge in [-0.1, -0.05) is 26.0 Å². The third kappa shape index (κ3) is 3.39. The maximum Gasteiger partial charge on any atom is 0.312 e. The summed E-state index contributed by atoms with van der Waals surface area (Å²) >= 11 is 0. The van der Waals surface area contributed by atoms with Gasteiger partial charge in [-0.25, -0.2) is 0 Å². The van der Waals surface area contributed by atoms with Crippen molar-refractivity contribution in [1.82, 2.24) is 4.90 Å². The molecular weight excluding hydrogens is 350 g/mol. The van der Waals surface area contributed by atoms with Gasteiger partial charge in [0.2, 0.25) is 0 Å². The molecule has 3 heterocycles. The molecule has 0 radical (unpaired) electrons. The molecule has 0 N–H and O–H groups in total. The lowest BCUT2D eigenvalue weighted by atomic mass is 9.79. The first-order chi connectivity index (χ1) is 13.6. The summed E-state index contributed by atoms with van der Waals surface area (Å²) in [6.07, 6.45) is 3.69. The van der Waals surface area contributed by atoms with Gasteiger partial charge in [0.1, 0.15) is 12.2 Å². The molecule has 1 aromatic carbocycles. The normalized spacial score (nSPS) is 29.0. The zero-order valence-corrected chi connectivity index (χ0v) is 17.1. The number of nitriles is 1. The molecule has 3 saturated heterocycles. The van der Waals surface area contributed by atoms with Crippen molar-refractivity contribution in [2.24, 2.45) is 17.3 Å². The monoisotopic (exact) mass is 381 g/mol. The van der Waals surface area contributed by atoms with Gasteiger partial charge in [-0.3, -0.25) is 4.79 Å². The number of anilines is 1. The van der Waals surface area contributed by atoms with Gasteiger partial charge >= 0.3 is 5.97 Å². The predicted molar refractivity (Wildman–Crippen MR) is 109 cm³/mol. The number of rotatable bonds is 6. The molecule has 150 valence electrons. The molecule has 28 heavy (non-hydrogen) atoms. The number of nitrogens with zero attached hydrogens (tertiary/aromatic N) is 3. The van der Waals surface area contributed by atoms with E-state index in [0.29, 0.717) is 11.8 Å². The summed E-state index contributed by atoms with van der Waals surface area (Å²) in [5.74, 6) is 1.36. The Hall–Kier alpha value is -2.06. The van der Waals surface area contributed by atoms with Crippen LogP contribution in [0.25, 0.3) is 0 Å². The van der Waals surface area contributed by atoms with Crippen LogP contribution in [0.4, 0.5) is 5.69 Å². The molecule has 4 rings (SSSR count). The summed E-state index contributed by atoms with van der Waals surface area (Å²) in [5.41, 5.74) is 1.62. The Morgan fingerprint density at radius 3 is 2.43 bits per heavy atom. The second-order valence-corrected chi connectivity index (χ2v) is 8.82. The molecule has 3 fully saturated rings. The molecule has 0 aromatic heterocycles. The smallest absolute Gasteiger partial charge is 0.312 e. The Kier molecular flexibility index (Phi) is 5.33. The van der Waals surface area contributed by atoms with E-state index in [9.17, 15) is 10.1 Å². The number of carbonyl (C=O) groups excluding carboxylic acids is 1. The summed E-state index contributed by atoms with van der Waals surface area (Å²) < 4.78 is 5.71. The summed E-state index contributed by atoms with van der Waals surface area (Å²) in [6.45, 7) is 9.52. The summed E-state index contributed by atoms with van der Waals surface area (Å²) in [7, 11) is 0. The molecule has 3 atom stereocenters. The number of benzene rings is 1. The van der Waals surface area contributed by atoms with Gasteiger partial charge in [-0.15, -0.1) is 0 Å². The number of hydrogen-bond donors (Lipinski definition) is 0. The first kappa shape index (κ1) is 19.3. The van der Waals surface area contributed by atoms with Crippen LogP contribution in [0.5, 0.6) is 0 Å².